The Labute approximate surface area is 74.1 Å². The molecule has 0 aliphatic carbocycles. The highest BCUT2D eigenvalue weighted by Gasteiger charge is 2.00. The van der Waals surface area contributed by atoms with Crippen molar-refractivity contribution in [1.82, 2.24) is 5.32 Å². The molecule has 0 unspecified atom stereocenters. The number of hydrogen-bond acceptors (Lipinski definition) is 1. The highest BCUT2D eigenvalue weighted by molar-refractivity contribution is 5.23. The smallest absolute Gasteiger partial charge is 0.0479 e. The molecule has 0 fully saturated rings. The van der Waals surface area contributed by atoms with Gasteiger partial charge in [0.2, 0.25) is 0 Å². The molecule has 12 heavy (non-hydrogen) atoms. The maximum Gasteiger partial charge on any atom is 0.0479 e. The van der Waals surface area contributed by atoms with Crippen LogP contribution in [0, 0.1) is 6.92 Å². The highest BCUT2D eigenvalue weighted by Crippen LogP contribution is 2.12. The SMILES string of the molecule is C=CN[C@H](C)c1ccc(C)cc1. The highest BCUT2D eigenvalue weighted by atomic mass is 14.9. The molecule has 0 aliphatic heterocycles. The molecule has 1 heteroatoms. The Morgan fingerprint density at radius 3 is 2.42 bits per heavy atom. The zero-order valence-corrected chi connectivity index (χ0v) is 7.67. The monoisotopic (exact) mass is 161 g/mol. The molecule has 0 aromatic heterocycles. The second-order valence-corrected chi connectivity index (χ2v) is 3.00. The first-order chi connectivity index (χ1) is 5.74. The van der Waals surface area contributed by atoms with Crippen LogP contribution in [0.1, 0.15) is 24.1 Å². The molecule has 1 aromatic rings. The number of benzene rings is 1. The van der Waals surface area contributed by atoms with Gasteiger partial charge < -0.3 is 5.32 Å². The normalized spacial score (nSPS) is 12.2. The van der Waals surface area contributed by atoms with Crippen molar-refractivity contribution in [2.24, 2.45) is 0 Å². The van der Waals surface area contributed by atoms with Crippen LogP contribution < -0.4 is 5.32 Å². The first-order valence-electron chi connectivity index (χ1n) is 4.17. The first kappa shape index (κ1) is 8.85. The minimum atomic E-state index is 0.350. The lowest BCUT2D eigenvalue weighted by Crippen LogP contribution is -2.10. The van der Waals surface area contributed by atoms with Gasteiger partial charge in [0, 0.05) is 6.04 Å². The van der Waals surface area contributed by atoms with Gasteiger partial charge >= 0.3 is 0 Å². The summed E-state index contributed by atoms with van der Waals surface area (Å²) < 4.78 is 0. The third-order valence-electron chi connectivity index (χ3n) is 1.95. The number of rotatable bonds is 3. The minimum Gasteiger partial charge on any atom is -0.385 e. The molecule has 0 spiro atoms. The van der Waals surface area contributed by atoms with Crippen LogP contribution in [0.3, 0.4) is 0 Å². The topological polar surface area (TPSA) is 12.0 Å². The van der Waals surface area contributed by atoms with E-state index in [1.54, 1.807) is 6.20 Å². The second-order valence-electron chi connectivity index (χ2n) is 3.00. The molecule has 1 aromatic carbocycles. The molecule has 0 saturated carbocycles. The summed E-state index contributed by atoms with van der Waals surface area (Å²) in [6.45, 7) is 7.84. The molecular weight excluding hydrogens is 146 g/mol. The number of nitrogens with one attached hydrogen (secondary N) is 1. The Morgan fingerprint density at radius 2 is 1.92 bits per heavy atom. The Hall–Kier alpha value is -1.24. The fourth-order valence-electron chi connectivity index (χ4n) is 1.13. The van der Waals surface area contributed by atoms with Crippen molar-refractivity contribution in [3.63, 3.8) is 0 Å². The molecule has 0 radical (unpaired) electrons. The van der Waals surface area contributed by atoms with Gasteiger partial charge in [-0.1, -0.05) is 36.4 Å². The van der Waals surface area contributed by atoms with E-state index in [9.17, 15) is 0 Å². The Morgan fingerprint density at radius 1 is 1.33 bits per heavy atom. The van der Waals surface area contributed by atoms with Crippen molar-refractivity contribution in [3.8, 4) is 0 Å². The van der Waals surface area contributed by atoms with Crippen LogP contribution in [0.2, 0.25) is 0 Å². The number of hydrogen-bond donors (Lipinski definition) is 1. The van der Waals surface area contributed by atoms with Crippen molar-refractivity contribution in [1.29, 1.82) is 0 Å². The van der Waals surface area contributed by atoms with Gasteiger partial charge in [-0.3, -0.25) is 0 Å². The van der Waals surface area contributed by atoms with Crippen molar-refractivity contribution in [3.05, 3.63) is 48.2 Å². The van der Waals surface area contributed by atoms with Crippen molar-refractivity contribution in [2.45, 2.75) is 19.9 Å². The molecule has 0 heterocycles. The maximum absolute atomic E-state index is 3.63. The van der Waals surface area contributed by atoms with Gasteiger partial charge in [-0.05, 0) is 25.6 Å². The summed E-state index contributed by atoms with van der Waals surface area (Å²) in [6, 6.07) is 8.86. The summed E-state index contributed by atoms with van der Waals surface area (Å²) in [5.41, 5.74) is 2.59. The van der Waals surface area contributed by atoms with E-state index in [0.717, 1.165) is 0 Å². The van der Waals surface area contributed by atoms with Crippen LogP contribution in [-0.4, -0.2) is 0 Å². The zero-order valence-electron chi connectivity index (χ0n) is 7.67. The molecule has 0 bridgehead atoms. The molecule has 0 aliphatic rings. The maximum atomic E-state index is 3.63. The summed E-state index contributed by atoms with van der Waals surface area (Å²) in [7, 11) is 0. The average molecular weight is 161 g/mol. The lowest BCUT2D eigenvalue weighted by atomic mass is 10.1. The fraction of sp³-hybridized carbons (Fsp3) is 0.273. The molecule has 0 saturated heterocycles. The van der Waals surface area contributed by atoms with E-state index in [4.69, 9.17) is 0 Å². The third-order valence-corrected chi connectivity index (χ3v) is 1.95. The van der Waals surface area contributed by atoms with E-state index in [1.807, 2.05) is 0 Å². The van der Waals surface area contributed by atoms with Crippen LogP contribution in [0.25, 0.3) is 0 Å². The zero-order chi connectivity index (χ0) is 8.97. The van der Waals surface area contributed by atoms with Gasteiger partial charge in [-0.2, -0.15) is 0 Å². The van der Waals surface area contributed by atoms with Crippen molar-refractivity contribution in [2.75, 3.05) is 0 Å². The van der Waals surface area contributed by atoms with E-state index >= 15 is 0 Å². The van der Waals surface area contributed by atoms with Crippen LogP contribution in [0.15, 0.2) is 37.0 Å². The summed E-state index contributed by atoms with van der Waals surface area (Å²) >= 11 is 0. The quantitative estimate of drug-likeness (QED) is 0.718. The van der Waals surface area contributed by atoms with Gasteiger partial charge in [0.05, 0.1) is 0 Å². The van der Waals surface area contributed by atoms with Crippen LogP contribution in [0.5, 0.6) is 0 Å². The van der Waals surface area contributed by atoms with Gasteiger partial charge in [0.15, 0.2) is 0 Å². The van der Waals surface area contributed by atoms with Gasteiger partial charge in [-0.15, -0.1) is 0 Å². The third kappa shape index (κ3) is 2.12. The summed E-state index contributed by atoms with van der Waals surface area (Å²) in [6.07, 6.45) is 1.73. The van der Waals surface area contributed by atoms with Crippen LogP contribution in [-0.2, 0) is 0 Å². The van der Waals surface area contributed by atoms with Gasteiger partial charge in [-0.25, -0.2) is 0 Å². The summed E-state index contributed by atoms with van der Waals surface area (Å²) in [5.74, 6) is 0. The summed E-state index contributed by atoms with van der Waals surface area (Å²) in [4.78, 5) is 0. The molecule has 0 amide bonds. The average Bonchev–Trinajstić information content (AvgIpc) is 2.06. The van der Waals surface area contributed by atoms with Gasteiger partial charge in [0.25, 0.3) is 0 Å². The van der Waals surface area contributed by atoms with E-state index in [-0.39, 0.29) is 0 Å². The number of aryl methyl sites for hydroxylation is 1. The molecule has 1 nitrogen and oxygen atoms in total. The standard InChI is InChI=1S/C11H15N/c1-4-12-10(3)11-7-5-9(2)6-8-11/h4-8,10,12H,1H2,2-3H3/t10-/m1/s1. The van der Waals surface area contributed by atoms with Crippen molar-refractivity contribution >= 4 is 0 Å². The predicted octanol–water partition coefficient (Wildman–Crippen LogP) is 2.79. The van der Waals surface area contributed by atoms with Crippen LogP contribution >= 0.6 is 0 Å². The lowest BCUT2D eigenvalue weighted by molar-refractivity contribution is 0.687. The molecule has 1 N–H and O–H groups in total. The minimum absolute atomic E-state index is 0.350. The van der Waals surface area contributed by atoms with Crippen molar-refractivity contribution < 1.29 is 0 Å². The Balaban J connectivity index is 2.74. The van der Waals surface area contributed by atoms with Gasteiger partial charge in [0.1, 0.15) is 0 Å². The Kier molecular flexibility index (Phi) is 2.92. The molecule has 1 rings (SSSR count). The predicted molar refractivity (Wildman–Crippen MR) is 52.9 cm³/mol. The first-order valence-corrected chi connectivity index (χ1v) is 4.17. The van der Waals surface area contributed by atoms with E-state index in [2.05, 4.69) is 50.0 Å². The fourth-order valence-corrected chi connectivity index (χ4v) is 1.13. The van der Waals surface area contributed by atoms with E-state index in [0.29, 0.717) is 6.04 Å². The van der Waals surface area contributed by atoms with E-state index in [1.165, 1.54) is 11.1 Å². The van der Waals surface area contributed by atoms with E-state index < -0.39 is 0 Å². The molecular formula is C11H15N. The lowest BCUT2D eigenvalue weighted by Gasteiger charge is -2.11. The molecule has 1 atom stereocenters. The van der Waals surface area contributed by atoms with Crippen LogP contribution in [0.4, 0.5) is 0 Å². The Bertz CT molecular complexity index is 248. The largest absolute Gasteiger partial charge is 0.385 e. The summed E-state index contributed by atoms with van der Waals surface area (Å²) in [5, 5.41) is 3.15. The second kappa shape index (κ2) is 3.96. The molecule has 64 valence electrons.